The summed E-state index contributed by atoms with van der Waals surface area (Å²) in [7, 11) is 0. The third kappa shape index (κ3) is 4.99. The SMILES string of the molecule is CC(C)(C)OC(=O)CCC(=O)Cc1ccc2ccccc2c1. The van der Waals surface area contributed by atoms with Crippen molar-refractivity contribution in [3.63, 3.8) is 0 Å². The average Bonchev–Trinajstić information content (AvgIpc) is 2.43. The molecule has 0 saturated heterocycles. The Balaban J connectivity index is 1.89. The maximum atomic E-state index is 12.0. The van der Waals surface area contributed by atoms with E-state index < -0.39 is 5.60 Å². The fourth-order valence-corrected chi connectivity index (χ4v) is 2.30. The second-order valence-corrected chi connectivity index (χ2v) is 6.48. The number of esters is 1. The Hall–Kier alpha value is -2.16. The Morgan fingerprint density at radius 1 is 0.955 bits per heavy atom. The minimum atomic E-state index is -0.502. The van der Waals surface area contributed by atoms with Crippen molar-refractivity contribution in [2.75, 3.05) is 0 Å². The van der Waals surface area contributed by atoms with Crippen LogP contribution in [0.2, 0.25) is 0 Å². The molecule has 0 saturated carbocycles. The summed E-state index contributed by atoms with van der Waals surface area (Å²) in [6.07, 6.45) is 0.721. The number of ether oxygens (including phenoxy) is 1. The summed E-state index contributed by atoms with van der Waals surface area (Å²) >= 11 is 0. The van der Waals surface area contributed by atoms with Crippen molar-refractivity contribution < 1.29 is 14.3 Å². The van der Waals surface area contributed by atoms with Crippen molar-refractivity contribution in [2.24, 2.45) is 0 Å². The molecule has 0 radical (unpaired) electrons. The first-order chi connectivity index (χ1) is 10.3. The van der Waals surface area contributed by atoms with Crippen LogP contribution < -0.4 is 0 Å². The van der Waals surface area contributed by atoms with Gasteiger partial charge < -0.3 is 4.74 Å². The van der Waals surface area contributed by atoms with Gasteiger partial charge in [-0.1, -0.05) is 42.5 Å². The van der Waals surface area contributed by atoms with Gasteiger partial charge in [0.05, 0.1) is 6.42 Å². The predicted octanol–water partition coefficient (Wildman–Crippen LogP) is 4.07. The third-order valence-corrected chi connectivity index (χ3v) is 3.24. The van der Waals surface area contributed by atoms with E-state index in [4.69, 9.17) is 4.74 Å². The van der Waals surface area contributed by atoms with E-state index in [1.807, 2.05) is 63.2 Å². The Kier molecular flexibility index (Phi) is 4.96. The average molecular weight is 298 g/mol. The van der Waals surface area contributed by atoms with E-state index in [1.54, 1.807) is 0 Å². The van der Waals surface area contributed by atoms with Gasteiger partial charge in [-0.25, -0.2) is 0 Å². The minimum absolute atomic E-state index is 0.0566. The minimum Gasteiger partial charge on any atom is -0.460 e. The second kappa shape index (κ2) is 6.73. The van der Waals surface area contributed by atoms with Crippen LogP contribution in [0.3, 0.4) is 0 Å². The summed E-state index contributed by atoms with van der Waals surface area (Å²) in [5.74, 6) is -0.263. The molecule has 0 aliphatic carbocycles. The molecule has 0 atom stereocenters. The number of carbonyl (C=O) groups is 2. The van der Waals surface area contributed by atoms with Gasteiger partial charge in [-0.3, -0.25) is 9.59 Å². The third-order valence-electron chi connectivity index (χ3n) is 3.24. The Morgan fingerprint density at radius 2 is 1.64 bits per heavy atom. The molecule has 3 nitrogen and oxygen atoms in total. The van der Waals surface area contributed by atoms with E-state index in [9.17, 15) is 9.59 Å². The van der Waals surface area contributed by atoms with E-state index in [0.29, 0.717) is 6.42 Å². The molecule has 0 heterocycles. The normalized spacial score (nSPS) is 11.4. The molecular formula is C19H22O3. The van der Waals surface area contributed by atoms with Gasteiger partial charge in [0.2, 0.25) is 0 Å². The monoisotopic (exact) mass is 298 g/mol. The molecule has 0 amide bonds. The number of fused-ring (bicyclic) bond motifs is 1. The van der Waals surface area contributed by atoms with Gasteiger partial charge in [0.1, 0.15) is 11.4 Å². The van der Waals surface area contributed by atoms with Crippen LogP contribution in [0.1, 0.15) is 39.2 Å². The Bertz CT molecular complexity index is 680. The Morgan fingerprint density at radius 3 is 2.32 bits per heavy atom. The summed E-state index contributed by atoms with van der Waals surface area (Å²) in [4.78, 5) is 23.6. The molecule has 0 unspecified atom stereocenters. The number of hydrogen-bond acceptors (Lipinski definition) is 3. The molecule has 0 aromatic heterocycles. The largest absolute Gasteiger partial charge is 0.460 e. The summed E-state index contributed by atoms with van der Waals surface area (Å²) in [6, 6.07) is 14.1. The van der Waals surface area contributed by atoms with Gasteiger partial charge in [-0.15, -0.1) is 0 Å². The van der Waals surface area contributed by atoms with Crippen LogP contribution in [0.15, 0.2) is 42.5 Å². The first-order valence-electron chi connectivity index (χ1n) is 7.55. The van der Waals surface area contributed by atoms with Crippen molar-refractivity contribution in [2.45, 2.75) is 45.6 Å². The van der Waals surface area contributed by atoms with Crippen molar-refractivity contribution in [1.29, 1.82) is 0 Å². The molecule has 0 aliphatic heterocycles. The summed E-state index contributed by atoms with van der Waals surface area (Å²) in [6.45, 7) is 5.46. The van der Waals surface area contributed by atoms with E-state index in [1.165, 1.54) is 0 Å². The molecule has 2 aromatic rings. The maximum absolute atomic E-state index is 12.0. The maximum Gasteiger partial charge on any atom is 0.306 e. The van der Waals surface area contributed by atoms with E-state index in [-0.39, 0.29) is 24.6 Å². The standard InChI is InChI=1S/C19H22O3/c1-19(2,3)22-18(21)11-10-17(20)13-14-8-9-15-6-4-5-7-16(15)12-14/h4-9,12H,10-11,13H2,1-3H3. The number of hydrogen-bond donors (Lipinski definition) is 0. The van der Waals surface area contributed by atoms with Crippen molar-refractivity contribution in [3.8, 4) is 0 Å². The van der Waals surface area contributed by atoms with Gasteiger partial charge in [-0.2, -0.15) is 0 Å². The zero-order valence-corrected chi connectivity index (χ0v) is 13.4. The van der Waals surface area contributed by atoms with Gasteiger partial charge in [0, 0.05) is 12.8 Å². The van der Waals surface area contributed by atoms with Crippen molar-refractivity contribution in [1.82, 2.24) is 0 Å². The molecule has 2 rings (SSSR count). The molecule has 0 N–H and O–H groups in total. The molecule has 2 aromatic carbocycles. The predicted molar refractivity (Wildman–Crippen MR) is 87.7 cm³/mol. The van der Waals surface area contributed by atoms with Gasteiger partial charge in [-0.05, 0) is 37.1 Å². The topological polar surface area (TPSA) is 43.4 Å². The highest BCUT2D eigenvalue weighted by atomic mass is 16.6. The highest BCUT2D eigenvalue weighted by Gasteiger charge is 2.17. The number of Topliss-reactive ketones (excluding diaryl/α,β-unsaturated/α-hetero) is 1. The van der Waals surface area contributed by atoms with Crippen molar-refractivity contribution >= 4 is 22.5 Å². The van der Waals surface area contributed by atoms with Crippen LogP contribution in [0.25, 0.3) is 10.8 Å². The van der Waals surface area contributed by atoms with Gasteiger partial charge in [0.15, 0.2) is 0 Å². The quantitative estimate of drug-likeness (QED) is 0.781. The highest BCUT2D eigenvalue weighted by Crippen LogP contribution is 2.17. The lowest BCUT2D eigenvalue weighted by molar-refractivity contribution is -0.155. The smallest absolute Gasteiger partial charge is 0.306 e. The van der Waals surface area contributed by atoms with Crippen LogP contribution in [-0.4, -0.2) is 17.4 Å². The second-order valence-electron chi connectivity index (χ2n) is 6.48. The molecule has 0 bridgehead atoms. The summed E-state index contributed by atoms with van der Waals surface area (Å²) < 4.78 is 5.20. The lowest BCUT2D eigenvalue weighted by atomic mass is 10.0. The van der Waals surface area contributed by atoms with Crippen LogP contribution >= 0.6 is 0 Å². The Labute approximate surface area is 131 Å². The lowest BCUT2D eigenvalue weighted by Gasteiger charge is -2.19. The first-order valence-corrected chi connectivity index (χ1v) is 7.55. The van der Waals surface area contributed by atoms with E-state index >= 15 is 0 Å². The molecule has 116 valence electrons. The fourth-order valence-electron chi connectivity index (χ4n) is 2.30. The zero-order chi connectivity index (χ0) is 16.2. The van der Waals surface area contributed by atoms with Crippen LogP contribution in [-0.2, 0) is 20.7 Å². The zero-order valence-electron chi connectivity index (χ0n) is 13.4. The molecule has 0 fully saturated rings. The number of ketones is 1. The molecule has 0 spiro atoms. The van der Waals surface area contributed by atoms with Gasteiger partial charge in [0.25, 0.3) is 0 Å². The lowest BCUT2D eigenvalue weighted by Crippen LogP contribution is -2.24. The van der Waals surface area contributed by atoms with Crippen molar-refractivity contribution in [3.05, 3.63) is 48.0 Å². The first kappa shape index (κ1) is 16.2. The summed E-state index contributed by atoms with van der Waals surface area (Å²) in [5.41, 5.74) is 0.478. The van der Waals surface area contributed by atoms with Crippen LogP contribution in [0, 0.1) is 0 Å². The fraction of sp³-hybridized carbons (Fsp3) is 0.368. The van der Waals surface area contributed by atoms with E-state index in [2.05, 4.69) is 0 Å². The number of benzene rings is 2. The number of carbonyl (C=O) groups excluding carboxylic acids is 2. The molecule has 3 heteroatoms. The molecular weight excluding hydrogens is 276 g/mol. The molecule has 0 aliphatic rings. The van der Waals surface area contributed by atoms with Gasteiger partial charge >= 0.3 is 5.97 Å². The highest BCUT2D eigenvalue weighted by molar-refractivity contribution is 5.87. The van der Waals surface area contributed by atoms with E-state index in [0.717, 1.165) is 16.3 Å². The number of rotatable bonds is 5. The van der Waals surface area contributed by atoms with Crippen LogP contribution in [0.4, 0.5) is 0 Å². The summed E-state index contributed by atoms with van der Waals surface area (Å²) in [5, 5.41) is 2.28. The van der Waals surface area contributed by atoms with Crippen LogP contribution in [0.5, 0.6) is 0 Å². The molecule has 22 heavy (non-hydrogen) atoms.